The topological polar surface area (TPSA) is 49.3 Å². The molecule has 126 valence electrons. The van der Waals surface area contributed by atoms with E-state index in [-0.39, 0.29) is 24.0 Å². The highest BCUT2D eigenvalue weighted by Gasteiger charge is 2.18. The highest BCUT2D eigenvalue weighted by Crippen LogP contribution is 2.30. The van der Waals surface area contributed by atoms with Crippen molar-refractivity contribution in [3.63, 3.8) is 0 Å². The number of halogens is 1. The van der Waals surface area contributed by atoms with Gasteiger partial charge in [0.2, 0.25) is 0 Å². The summed E-state index contributed by atoms with van der Waals surface area (Å²) in [4.78, 5) is 9.89. The number of hydrogen-bond donors (Lipinski definition) is 2. The molecule has 0 saturated heterocycles. The summed E-state index contributed by atoms with van der Waals surface area (Å²) in [6, 6.07) is 0. The van der Waals surface area contributed by atoms with E-state index in [1.807, 2.05) is 13.2 Å². The Morgan fingerprint density at radius 1 is 1.41 bits per heavy atom. The second-order valence-electron chi connectivity index (χ2n) is 6.14. The van der Waals surface area contributed by atoms with Crippen LogP contribution in [-0.4, -0.2) is 24.5 Å². The Kier molecular flexibility index (Phi) is 9.31. The van der Waals surface area contributed by atoms with E-state index in [0.29, 0.717) is 0 Å². The zero-order valence-corrected chi connectivity index (χ0v) is 17.0. The molecule has 4 nitrogen and oxygen atoms in total. The lowest BCUT2D eigenvalue weighted by atomic mass is 9.81. The van der Waals surface area contributed by atoms with Gasteiger partial charge in [0.05, 0.1) is 6.54 Å². The molecule has 0 amide bonds. The monoisotopic (exact) mass is 436 g/mol. The Morgan fingerprint density at radius 3 is 2.86 bits per heavy atom. The third-order valence-electron chi connectivity index (χ3n) is 4.19. The van der Waals surface area contributed by atoms with Crippen molar-refractivity contribution in [1.82, 2.24) is 15.6 Å². The predicted molar refractivity (Wildman–Crippen MR) is 106 cm³/mol. The van der Waals surface area contributed by atoms with Gasteiger partial charge in [-0.25, -0.2) is 4.98 Å². The van der Waals surface area contributed by atoms with Crippen LogP contribution >= 0.6 is 35.3 Å². The molecule has 0 aromatic carbocycles. The van der Waals surface area contributed by atoms with Crippen LogP contribution in [0.2, 0.25) is 0 Å². The third kappa shape index (κ3) is 6.81. The van der Waals surface area contributed by atoms with Crippen LogP contribution in [0.4, 0.5) is 0 Å². The van der Waals surface area contributed by atoms with E-state index < -0.39 is 0 Å². The van der Waals surface area contributed by atoms with Gasteiger partial charge in [0.1, 0.15) is 5.01 Å². The van der Waals surface area contributed by atoms with Gasteiger partial charge in [0.25, 0.3) is 0 Å². The number of aliphatic imine (C=N–C) groups is 1. The molecule has 0 aliphatic heterocycles. The molecule has 6 heteroatoms. The summed E-state index contributed by atoms with van der Waals surface area (Å²) in [5.74, 6) is 2.68. The van der Waals surface area contributed by atoms with Gasteiger partial charge < -0.3 is 10.6 Å². The van der Waals surface area contributed by atoms with Crippen molar-refractivity contribution in [2.45, 2.75) is 52.5 Å². The molecule has 0 spiro atoms. The van der Waals surface area contributed by atoms with Crippen LogP contribution in [0.15, 0.2) is 11.2 Å². The molecule has 22 heavy (non-hydrogen) atoms. The zero-order valence-electron chi connectivity index (χ0n) is 13.9. The third-order valence-corrected chi connectivity index (χ3v) is 5.10. The molecule has 1 saturated carbocycles. The van der Waals surface area contributed by atoms with Crippen molar-refractivity contribution >= 4 is 41.3 Å². The van der Waals surface area contributed by atoms with E-state index in [1.165, 1.54) is 37.0 Å². The molecule has 1 aliphatic rings. The van der Waals surface area contributed by atoms with E-state index in [0.717, 1.165) is 35.9 Å². The maximum atomic E-state index is 4.36. The highest BCUT2D eigenvalue weighted by atomic mass is 127. The molecule has 1 fully saturated rings. The number of aryl methyl sites for hydroxylation is 1. The summed E-state index contributed by atoms with van der Waals surface area (Å²) >= 11 is 1.73. The standard InChI is InChI=1S/C16H28N4S.HI/c1-12-5-4-6-14(9-12)7-8-18-16(17-3)20-11-15-19-10-13(2)21-15;/h10,12,14H,4-9,11H2,1-3H3,(H2,17,18,20);1H. The van der Waals surface area contributed by atoms with Crippen molar-refractivity contribution in [1.29, 1.82) is 0 Å². The van der Waals surface area contributed by atoms with E-state index in [4.69, 9.17) is 0 Å². The molecule has 1 aliphatic carbocycles. The van der Waals surface area contributed by atoms with Gasteiger partial charge in [-0.05, 0) is 31.6 Å². The first-order valence-electron chi connectivity index (χ1n) is 8.03. The largest absolute Gasteiger partial charge is 0.356 e. The smallest absolute Gasteiger partial charge is 0.191 e. The second kappa shape index (κ2) is 10.4. The van der Waals surface area contributed by atoms with Crippen molar-refractivity contribution < 1.29 is 0 Å². The van der Waals surface area contributed by atoms with Gasteiger partial charge in [-0.15, -0.1) is 35.3 Å². The van der Waals surface area contributed by atoms with Gasteiger partial charge >= 0.3 is 0 Å². The van der Waals surface area contributed by atoms with E-state index in [9.17, 15) is 0 Å². The van der Waals surface area contributed by atoms with Gasteiger partial charge in [-0.1, -0.05) is 26.2 Å². The molecule has 1 heterocycles. The van der Waals surface area contributed by atoms with Crippen LogP contribution in [0.25, 0.3) is 0 Å². The molecule has 1 aromatic heterocycles. The minimum absolute atomic E-state index is 0. The maximum absolute atomic E-state index is 4.36. The molecule has 2 unspecified atom stereocenters. The Bertz CT molecular complexity index is 461. The number of nitrogens with one attached hydrogen (secondary N) is 2. The van der Waals surface area contributed by atoms with Crippen molar-refractivity contribution in [2.75, 3.05) is 13.6 Å². The highest BCUT2D eigenvalue weighted by molar-refractivity contribution is 14.0. The van der Waals surface area contributed by atoms with Gasteiger partial charge in [0, 0.05) is 24.7 Å². The average Bonchev–Trinajstić information content (AvgIpc) is 2.88. The number of nitrogens with zero attached hydrogens (tertiary/aromatic N) is 2. The Hall–Kier alpha value is -0.370. The maximum Gasteiger partial charge on any atom is 0.191 e. The van der Waals surface area contributed by atoms with Crippen molar-refractivity contribution in [2.24, 2.45) is 16.8 Å². The zero-order chi connectivity index (χ0) is 15.1. The second-order valence-corrected chi connectivity index (χ2v) is 7.46. The van der Waals surface area contributed by atoms with Gasteiger partial charge in [0.15, 0.2) is 5.96 Å². The Morgan fingerprint density at radius 2 is 2.23 bits per heavy atom. The quantitative estimate of drug-likeness (QED) is 0.418. The number of hydrogen-bond acceptors (Lipinski definition) is 3. The fraction of sp³-hybridized carbons (Fsp3) is 0.750. The summed E-state index contributed by atoms with van der Waals surface area (Å²) in [5.41, 5.74) is 0. The van der Waals surface area contributed by atoms with Crippen LogP contribution in [0, 0.1) is 18.8 Å². The van der Waals surface area contributed by atoms with Crippen LogP contribution in [0.3, 0.4) is 0 Å². The minimum atomic E-state index is 0. The molecular formula is C16H29IN4S. The van der Waals surface area contributed by atoms with Gasteiger partial charge in [-0.2, -0.15) is 0 Å². The van der Waals surface area contributed by atoms with Crippen molar-refractivity contribution in [3.8, 4) is 0 Å². The SMILES string of the molecule is CN=C(NCCC1CCCC(C)C1)NCc1ncc(C)s1.I. The number of aromatic nitrogens is 1. The lowest BCUT2D eigenvalue weighted by Crippen LogP contribution is -2.38. The summed E-state index contributed by atoms with van der Waals surface area (Å²) in [7, 11) is 1.82. The van der Waals surface area contributed by atoms with Crippen LogP contribution in [-0.2, 0) is 6.54 Å². The summed E-state index contributed by atoms with van der Waals surface area (Å²) in [6.45, 7) is 6.22. The van der Waals surface area contributed by atoms with Crippen molar-refractivity contribution in [3.05, 3.63) is 16.1 Å². The lowest BCUT2D eigenvalue weighted by molar-refractivity contribution is 0.270. The summed E-state index contributed by atoms with van der Waals surface area (Å²) in [6.07, 6.45) is 8.79. The van der Waals surface area contributed by atoms with Crippen LogP contribution in [0.1, 0.15) is 48.9 Å². The number of thiazole rings is 1. The van der Waals surface area contributed by atoms with E-state index in [2.05, 4.69) is 34.5 Å². The molecule has 1 aromatic rings. The average molecular weight is 436 g/mol. The van der Waals surface area contributed by atoms with E-state index in [1.54, 1.807) is 11.3 Å². The predicted octanol–water partition coefficient (Wildman–Crippen LogP) is 3.95. The van der Waals surface area contributed by atoms with Gasteiger partial charge in [-0.3, -0.25) is 4.99 Å². The molecule has 2 atom stereocenters. The first-order chi connectivity index (χ1) is 10.2. The first kappa shape index (κ1) is 19.7. The summed E-state index contributed by atoms with van der Waals surface area (Å²) in [5, 5.41) is 7.86. The number of rotatable bonds is 5. The fourth-order valence-electron chi connectivity index (χ4n) is 3.08. The Balaban J connectivity index is 0.00000242. The normalized spacial score (nSPS) is 22.0. The van der Waals surface area contributed by atoms with Crippen LogP contribution < -0.4 is 10.6 Å². The fourth-order valence-corrected chi connectivity index (χ4v) is 3.81. The molecule has 2 rings (SSSR count). The van der Waals surface area contributed by atoms with Crippen LogP contribution in [0.5, 0.6) is 0 Å². The first-order valence-corrected chi connectivity index (χ1v) is 8.85. The Labute approximate surface area is 155 Å². The summed E-state index contributed by atoms with van der Waals surface area (Å²) < 4.78 is 0. The molecule has 0 radical (unpaired) electrons. The number of guanidine groups is 1. The lowest BCUT2D eigenvalue weighted by Gasteiger charge is -2.26. The molecule has 0 bridgehead atoms. The van der Waals surface area contributed by atoms with E-state index >= 15 is 0 Å². The minimum Gasteiger partial charge on any atom is -0.356 e. The molecule has 2 N–H and O–H groups in total. The molecular weight excluding hydrogens is 407 g/mol.